The lowest BCUT2D eigenvalue weighted by atomic mass is 9.69. The summed E-state index contributed by atoms with van der Waals surface area (Å²) in [6.07, 6.45) is 17.7. The molecule has 16 nitrogen and oxygen atoms in total. The Balaban J connectivity index is 0.000000176. The second-order valence-corrected chi connectivity index (χ2v) is 30.1. The molecular weight excluding hydrogens is 1180 g/mol. The first kappa shape index (κ1) is 73.8. The second-order valence-electron chi connectivity index (χ2n) is 30.1. The fraction of sp³-hybridized carbons (Fsp3) is 0.641. The third-order valence-electron chi connectivity index (χ3n) is 24.1. The highest BCUT2D eigenvalue weighted by Crippen LogP contribution is 2.67. The second kappa shape index (κ2) is 30.2. The van der Waals surface area contributed by atoms with Crippen LogP contribution in [0.25, 0.3) is 28.7 Å². The monoisotopic (exact) mass is 1290 g/mol. The highest BCUT2D eigenvalue weighted by molar-refractivity contribution is 5.88. The van der Waals surface area contributed by atoms with E-state index < -0.39 is 34.6 Å². The molecule has 6 aliphatic heterocycles. The van der Waals surface area contributed by atoms with Crippen molar-refractivity contribution >= 4 is 41.9 Å². The predicted molar refractivity (Wildman–Crippen MR) is 368 cm³/mol. The maximum Gasteiger partial charge on any atom is 0.331 e. The number of aliphatic hydroxyl groups excluding tert-OH is 2. The zero-order valence-corrected chi connectivity index (χ0v) is 57.4. The maximum atomic E-state index is 13.0. The van der Waals surface area contributed by atoms with Gasteiger partial charge in [0.25, 0.3) is 0 Å². The molecule has 6 bridgehead atoms. The number of aliphatic hydroxyl groups is 2. The van der Waals surface area contributed by atoms with Crippen LogP contribution in [0.15, 0.2) is 114 Å². The minimum absolute atomic E-state index is 0. The van der Waals surface area contributed by atoms with Gasteiger partial charge in [-0.15, -0.1) is 0 Å². The molecule has 12 rings (SSSR count). The Morgan fingerprint density at radius 1 is 0.564 bits per heavy atom. The molecule has 0 aromatic heterocycles. The van der Waals surface area contributed by atoms with Gasteiger partial charge in [-0.1, -0.05) is 166 Å². The fourth-order valence-electron chi connectivity index (χ4n) is 19.1. The summed E-state index contributed by atoms with van der Waals surface area (Å²) < 4.78 is 39.0. The zero-order valence-electron chi connectivity index (χ0n) is 57.4. The number of carbonyl (C=O) groups excluding carboxylic acids is 4. The van der Waals surface area contributed by atoms with Crippen molar-refractivity contribution in [2.75, 3.05) is 13.2 Å². The van der Waals surface area contributed by atoms with Crippen LogP contribution in [0.1, 0.15) is 178 Å². The van der Waals surface area contributed by atoms with Crippen LogP contribution < -0.4 is 5.73 Å². The molecule has 4 N–H and O–H groups in total. The fourth-order valence-corrected chi connectivity index (χ4v) is 19.1. The van der Waals surface area contributed by atoms with E-state index in [1.807, 2.05) is 97.1 Å². The maximum absolute atomic E-state index is 13.0. The van der Waals surface area contributed by atoms with Gasteiger partial charge in [-0.3, -0.25) is 4.79 Å². The number of Topliss-reactive ketones (excluding diaryl/α,β-unsaturated/α-hetero) is 1. The largest absolute Gasteiger partial charge is 0.456 e. The van der Waals surface area contributed by atoms with Gasteiger partial charge in [-0.2, -0.15) is 0 Å². The van der Waals surface area contributed by atoms with E-state index >= 15 is 0 Å². The van der Waals surface area contributed by atoms with E-state index in [2.05, 4.69) is 93.1 Å². The summed E-state index contributed by atoms with van der Waals surface area (Å²) in [5.74, 6) is 2.25. The third kappa shape index (κ3) is 14.1. The van der Waals surface area contributed by atoms with Crippen molar-refractivity contribution < 1.29 is 57.8 Å². The number of hydrogen-bond donors (Lipinski definition) is 3. The van der Waals surface area contributed by atoms with Crippen molar-refractivity contribution in [3.8, 4) is 0 Å². The lowest BCUT2D eigenvalue weighted by molar-refractivity contribution is -0.261. The van der Waals surface area contributed by atoms with E-state index in [0.717, 1.165) is 61.6 Å². The van der Waals surface area contributed by atoms with Crippen molar-refractivity contribution in [3.05, 3.63) is 136 Å². The van der Waals surface area contributed by atoms with Crippen LogP contribution in [0.4, 0.5) is 0 Å². The van der Waals surface area contributed by atoms with Crippen LogP contribution in [0.5, 0.6) is 0 Å². The molecule has 21 atom stereocenters. The normalized spacial score (nSPS) is 38.4. The van der Waals surface area contributed by atoms with Crippen molar-refractivity contribution in [3.63, 3.8) is 0 Å². The Morgan fingerprint density at radius 2 is 0.894 bits per heavy atom. The van der Waals surface area contributed by atoms with Crippen LogP contribution in [0, 0.1) is 76.9 Å². The molecule has 9 fully saturated rings. The van der Waals surface area contributed by atoms with Gasteiger partial charge in [-0.05, 0) is 185 Å². The van der Waals surface area contributed by atoms with Gasteiger partial charge in [0.15, 0.2) is 5.78 Å². The first-order chi connectivity index (χ1) is 44.2. The first-order valence-electron chi connectivity index (χ1n) is 34.7. The number of carbonyl (C=O) groups is 4. The summed E-state index contributed by atoms with van der Waals surface area (Å²) in [6, 6.07) is 29.0. The molecule has 0 amide bonds. The summed E-state index contributed by atoms with van der Waals surface area (Å²) in [5.41, 5.74) is 15.7. The molecule has 21 unspecified atom stereocenters. The van der Waals surface area contributed by atoms with E-state index in [1.165, 1.54) is 12.2 Å². The van der Waals surface area contributed by atoms with Gasteiger partial charge in [0.2, 0.25) is 0 Å². The first-order valence-corrected chi connectivity index (χ1v) is 34.7. The van der Waals surface area contributed by atoms with Gasteiger partial charge in [-0.25, -0.2) is 14.4 Å². The number of nitrogens with zero attached hydrogens (tertiary/aromatic N) is 3. The highest BCUT2D eigenvalue weighted by Gasteiger charge is 2.74. The Labute approximate surface area is 560 Å². The number of esters is 3. The molecule has 94 heavy (non-hydrogen) atoms. The number of rotatable bonds is 16. The Morgan fingerprint density at radius 3 is 1.26 bits per heavy atom. The average molecular weight is 1300 g/mol. The molecule has 16 heteroatoms. The molecular formula is C78H110N4O12. The summed E-state index contributed by atoms with van der Waals surface area (Å²) >= 11 is 0. The van der Waals surface area contributed by atoms with E-state index in [-0.39, 0.29) is 121 Å². The molecule has 3 aromatic carbocycles. The molecule has 6 saturated heterocycles. The standard InChI is InChI=1S/C27H36O5.C24H31N3O3.C24H33NO3.C2H6O.CH4/c1-17(2)27-15-20(14-21(29)16-28)26(4,32-27)22-12-10-18(3)24(22)25(27)31-23(30)13-11-19-8-6-5-7-9-19;1-15(2)24-14-19(26-27-25)23(4,30-24)18-12-10-16(3)21(18)22(24)29-20(28)13-11-17-8-6-5-7-9-17;1-15(2)24-14-19(25)23(4,28-24)18-12-10-16(3)21(18)22(24)27-20(26)13-11-17-8-6-5-7-9-17;1-2-3;/h5-9,11,13,17-18,20,22,24-25,28H,10,12,14-16H2,1-4H3;5-9,11,13,15-16,18-19,21-22H,10,12,14H2,1-4H3;5-9,11,13,15-16,18-19,21-22H,10,12,14,25H2,1-4H3;3H,2H2,1H3;1H4/b3*13-11+;;. The quantitative estimate of drug-likeness (QED) is 0.0302. The zero-order chi connectivity index (χ0) is 67.4. The summed E-state index contributed by atoms with van der Waals surface area (Å²) in [5, 5.41) is 21.1. The van der Waals surface area contributed by atoms with Crippen molar-refractivity contribution in [1.29, 1.82) is 0 Å². The molecule has 0 spiro atoms. The lowest BCUT2D eigenvalue weighted by Crippen LogP contribution is -2.62. The number of ether oxygens (including phenoxy) is 6. The topological polar surface area (TPSA) is 239 Å². The minimum atomic E-state index is -0.635. The highest BCUT2D eigenvalue weighted by atomic mass is 16.6. The Kier molecular flexibility index (Phi) is 23.7. The lowest BCUT2D eigenvalue weighted by Gasteiger charge is -2.53. The molecule has 3 saturated carbocycles. The summed E-state index contributed by atoms with van der Waals surface area (Å²) in [7, 11) is 0. The molecule has 6 heterocycles. The molecule has 3 aromatic rings. The van der Waals surface area contributed by atoms with Gasteiger partial charge in [0, 0.05) is 60.0 Å². The van der Waals surface area contributed by atoms with Crippen LogP contribution in [0.2, 0.25) is 0 Å². The van der Waals surface area contributed by atoms with Crippen LogP contribution >= 0.6 is 0 Å². The third-order valence-corrected chi connectivity index (χ3v) is 24.1. The Bertz CT molecular complexity index is 3210. The number of nitrogens with two attached hydrogens (primary N) is 1. The molecule has 3 aliphatic carbocycles. The van der Waals surface area contributed by atoms with Gasteiger partial charge in [0.05, 0.1) is 22.8 Å². The smallest absolute Gasteiger partial charge is 0.331 e. The summed E-state index contributed by atoms with van der Waals surface area (Å²) in [4.78, 5) is 53.9. The van der Waals surface area contributed by atoms with Crippen LogP contribution in [0.3, 0.4) is 0 Å². The van der Waals surface area contributed by atoms with E-state index in [4.69, 9.17) is 39.3 Å². The minimum Gasteiger partial charge on any atom is -0.456 e. The molecule has 0 radical (unpaired) electrons. The van der Waals surface area contributed by atoms with Crippen molar-refractivity contribution in [2.24, 2.45) is 87.8 Å². The SMILES string of the molecule is C.CC1CCC2C1C(OC(=O)/C=C/c1ccccc1)C1(C(C)C)CC(CC(=O)CO)C2(C)O1.CC1CCC2C1C(OC(=O)/C=C/c1ccccc1)C1(C(C)C)CC(N)C2(C)O1.CC1CCC2C1C(OC(=O)/C=C/c1ccccc1)C1(C(C)C)CC(N=[N+]=[N-])C2(C)O1.CCO. The van der Waals surface area contributed by atoms with Gasteiger partial charge >= 0.3 is 17.9 Å². The van der Waals surface area contributed by atoms with Gasteiger partial charge in [0.1, 0.15) is 41.7 Å². The summed E-state index contributed by atoms with van der Waals surface area (Å²) in [6.45, 7) is 27.5. The number of azide groups is 1. The average Bonchev–Trinajstić information content (AvgIpc) is 1.55. The van der Waals surface area contributed by atoms with Gasteiger partial charge < -0.3 is 44.4 Å². The van der Waals surface area contributed by atoms with Crippen LogP contribution in [-0.2, 0) is 47.6 Å². The van der Waals surface area contributed by atoms with Crippen LogP contribution in [-0.4, -0.2) is 111 Å². The van der Waals surface area contributed by atoms with E-state index in [0.29, 0.717) is 48.9 Å². The molecule has 514 valence electrons. The Hall–Kier alpha value is -5.97. The number of benzene rings is 3. The van der Waals surface area contributed by atoms with E-state index in [9.17, 15) is 29.8 Å². The number of ketones is 1. The predicted octanol–water partition coefficient (Wildman–Crippen LogP) is 14.8. The van der Waals surface area contributed by atoms with E-state index in [1.54, 1.807) is 25.2 Å². The number of fused-ring (bicyclic) bond motifs is 12. The van der Waals surface area contributed by atoms with Crippen molar-refractivity contribution in [1.82, 2.24) is 0 Å². The number of hydrogen-bond acceptors (Lipinski definition) is 14. The molecule has 9 aliphatic rings. The van der Waals surface area contributed by atoms with Crippen molar-refractivity contribution in [2.45, 2.75) is 226 Å².